The summed E-state index contributed by atoms with van der Waals surface area (Å²) in [5.74, 6) is 0.974. The first kappa shape index (κ1) is 9.60. The van der Waals surface area contributed by atoms with E-state index >= 15 is 0 Å². The predicted molar refractivity (Wildman–Crippen MR) is 64.2 cm³/mol. The molecular weight excluding hydrogens is 198 g/mol. The van der Waals surface area contributed by atoms with Gasteiger partial charge in [-0.05, 0) is 31.0 Å². The molecule has 0 aliphatic carbocycles. The molecule has 3 rings (SSSR count). The fraction of sp³-hybridized carbons (Fsp3) is 0.308. The maximum atomic E-state index is 4.27. The van der Waals surface area contributed by atoms with Gasteiger partial charge in [-0.25, -0.2) is 4.98 Å². The third kappa shape index (κ3) is 1.53. The van der Waals surface area contributed by atoms with E-state index in [4.69, 9.17) is 0 Å². The number of aromatic nitrogens is 2. The fourth-order valence-electron chi connectivity index (χ4n) is 2.34. The number of rotatable bonds is 1. The van der Waals surface area contributed by atoms with Crippen LogP contribution in [0.4, 0.5) is 0 Å². The molecule has 0 saturated heterocycles. The van der Waals surface area contributed by atoms with Crippen molar-refractivity contribution >= 4 is 0 Å². The highest BCUT2D eigenvalue weighted by atomic mass is 14.9. The molecule has 1 aliphatic heterocycles. The van der Waals surface area contributed by atoms with Crippen LogP contribution < -0.4 is 5.32 Å². The summed E-state index contributed by atoms with van der Waals surface area (Å²) in [6.07, 6.45) is 3.02. The second-order valence-electron chi connectivity index (χ2n) is 4.25. The first-order chi connectivity index (χ1) is 7.84. The van der Waals surface area contributed by atoms with Crippen molar-refractivity contribution in [2.45, 2.75) is 19.9 Å². The smallest absolute Gasteiger partial charge is 0.103 e. The molecule has 1 aliphatic rings. The molecule has 1 aromatic carbocycles. The van der Waals surface area contributed by atoms with Crippen molar-refractivity contribution in [2.75, 3.05) is 6.54 Å². The molecule has 82 valence electrons. The Morgan fingerprint density at radius 1 is 1.31 bits per heavy atom. The zero-order valence-electron chi connectivity index (χ0n) is 9.38. The van der Waals surface area contributed by atoms with E-state index in [1.54, 1.807) is 0 Å². The second kappa shape index (κ2) is 3.76. The summed E-state index contributed by atoms with van der Waals surface area (Å²) < 4.78 is 0. The Morgan fingerprint density at radius 3 is 3.06 bits per heavy atom. The summed E-state index contributed by atoms with van der Waals surface area (Å²) in [6.45, 7) is 4.04. The van der Waals surface area contributed by atoms with Crippen molar-refractivity contribution < 1.29 is 0 Å². The van der Waals surface area contributed by atoms with Gasteiger partial charge in [0.15, 0.2) is 0 Å². The van der Waals surface area contributed by atoms with Crippen molar-refractivity contribution in [2.24, 2.45) is 0 Å². The summed E-state index contributed by atoms with van der Waals surface area (Å²) in [6, 6.07) is 6.50. The number of nitrogens with zero attached hydrogens (tertiary/aromatic N) is 1. The van der Waals surface area contributed by atoms with Gasteiger partial charge in [0.25, 0.3) is 0 Å². The Morgan fingerprint density at radius 2 is 2.25 bits per heavy atom. The average molecular weight is 213 g/mol. The van der Waals surface area contributed by atoms with Crippen molar-refractivity contribution in [3.05, 3.63) is 41.3 Å². The molecule has 0 spiro atoms. The quantitative estimate of drug-likeness (QED) is 0.761. The Hall–Kier alpha value is -1.61. The number of imidazole rings is 1. The van der Waals surface area contributed by atoms with Crippen LogP contribution in [0.25, 0.3) is 11.3 Å². The minimum absolute atomic E-state index is 0.974. The first-order valence-electron chi connectivity index (χ1n) is 5.68. The first-order valence-corrected chi connectivity index (χ1v) is 5.68. The Bertz CT molecular complexity index is 514. The average Bonchev–Trinajstić information content (AvgIpc) is 2.75. The van der Waals surface area contributed by atoms with Gasteiger partial charge in [-0.1, -0.05) is 18.2 Å². The van der Waals surface area contributed by atoms with Gasteiger partial charge in [-0.15, -0.1) is 0 Å². The lowest BCUT2D eigenvalue weighted by Crippen LogP contribution is -2.24. The van der Waals surface area contributed by atoms with Gasteiger partial charge in [-0.3, -0.25) is 0 Å². The molecule has 1 aromatic heterocycles. The van der Waals surface area contributed by atoms with E-state index in [2.05, 4.69) is 33.5 Å². The molecule has 0 fully saturated rings. The Kier molecular flexibility index (Phi) is 2.26. The highest BCUT2D eigenvalue weighted by molar-refractivity contribution is 5.65. The predicted octanol–water partition coefficient (Wildman–Crippen LogP) is 2.03. The molecule has 3 nitrogen and oxygen atoms in total. The van der Waals surface area contributed by atoms with E-state index in [-0.39, 0.29) is 0 Å². The fourth-order valence-corrected chi connectivity index (χ4v) is 2.34. The van der Waals surface area contributed by atoms with E-state index in [1.807, 2.05) is 13.1 Å². The Balaban J connectivity index is 2.13. The third-order valence-electron chi connectivity index (χ3n) is 3.13. The molecular formula is C13H15N3. The van der Waals surface area contributed by atoms with Crippen LogP contribution in [-0.4, -0.2) is 16.5 Å². The highest BCUT2D eigenvalue weighted by Crippen LogP contribution is 2.26. The van der Waals surface area contributed by atoms with Gasteiger partial charge in [0.2, 0.25) is 0 Å². The summed E-state index contributed by atoms with van der Waals surface area (Å²) >= 11 is 0. The molecule has 2 aromatic rings. The summed E-state index contributed by atoms with van der Waals surface area (Å²) in [7, 11) is 0. The van der Waals surface area contributed by atoms with E-state index in [9.17, 15) is 0 Å². The van der Waals surface area contributed by atoms with Crippen LogP contribution in [0.15, 0.2) is 24.4 Å². The molecule has 0 saturated carbocycles. The molecule has 2 N–H and O–H groups in total. The number of aryl methyl sites for hydroxylation is 1. The lowest BCUT2D eigenvalue weighted by Gasteiger charge is -2.19. The lowest BCUT2D eigenvalue weighted by molar-refractivity contribution is 0.644. The van der Waals surface area contributed by atoms with E-state index in [0.717, 1.165) is 31.0 Å². The molecule has 2 heterocycles. The number of fused-ring (bicyclic) bond motifs is 1. The topological polar surface area (TPSA) is 40.7 Å². The van der Waals surface area contributed by atoms with Crippen molar-refractivity contribution in [1.29, 1.82) is 0 Å². The minimum atomic E-state index is 0.974. The number of benzene rings is 1. The van der Waals surface area contributed by atoms with E-state index < -0.39 is 0 Å². The van der Waals surface area contributed by atoms with Gasteiger partial charge in [-0.2, -0.15) is 0 Å². The molecule has 16 heavy (non-hydrogen) atoms. The number of nitrogens with one attached hydrogen (secondary N) is 2. The van der Waals surface area contributed by atoms with Crippen LogP contribution in [0.1, 0.15) is 17.0 Å². The maximum absolute atomic E-state index is 4.27. The maximum Gasteiger partial charge on any atom is 0.103 e. The van der Waals surface area contributed by atoms with E-state index in [0.29, 0.717) is 0 Å². The third-order valence-corrected chi connectivity index (χ3v) is 3.13. The normalized spacial score (nSPS) is 14.8. The van der Waals surface area contributed by atoms with Crippen LogP contribution >= 0.6 is 0 Å². The van der Waals surface area contributed by atoms with Crippen molar-refractivity contribution in [1.82, 2.24) is 15.3 Å². The lowest BCUT2D eigenvalue weighted by atomic mass is 9.94. The van der Waals surface area contributed by atoms with Crippen molar-refractivity contribution in [3.63, 3.8) is 0 Å². The molecule has 0 unspecified atom stereocenters. The van der Waals surface area contributed by atoms with Gasteiger partial charge in [0, 0.05) is 12.1 Å². The number of hydrogen-bond donors (Lipinski definition) is 2. The van der Waals surface area contributed by atoms with Crippen LogP contribution in [-0.2, 0) is 13.0 Å². The monoisotopic (exact) mass is 213 g/mol. The van der Waals surface area contributed by atoms with Gasteiger partial charge >= 0.3 is 0 Å². The SMILES string of the molecule is Cc1ncc(-c2cccc3c2CCNC3)[nH]1. The van der Waals surface area contributed by atoms with Crippen LogP contribution in [0.3, 0.4) is 0 Å². The van der Waals surface area contributed by atoms with Crippen LogP contribution in [0, 0.1) is 6.92 Å². The van der Waals surface area contributed by atoms with Crippen molar-refractivity contribution in [3.8, 4) is 11.3 Å². The van der Waals surface area contributed by atoms with Gasteiger partial charge in [0.05, 0.1) is 11.9 Å². The van der Waals surface area contributed by atoms with E-state index in [1.165, 1.54) is 16.7 Å². The molecule has 3 heteroatoms. The molecule has 0 radical (unpaired) electrons. The van der Waals surface area contributed by atoms with Gasteiger partial charge < -0.3 is 10.3 Å². The molecule has 0 amide bonds. The zero-order chi connectivity index (χ0) is 11.0. The number of H-pyrrole nitrogens is 1. The van der Waals surface area contributed by atoms with Gasteiger partial charge in [0.1, 0.15) is 5.82 Å². The molecule has 0 atom stereocenters. The standard InChI is InChI=1S/C13H15N3/c1-9-15-8-13(16-9)12-4-2-3-10-7-14-6-5-11(10)12/h2-4,8,14H,5-7H2,1H3,(H,15,16). The highest BCUT2D eigenvalue weighted by Gasteiger charge is 2.14. The summed E-state index contributed by atoms with van der Waals surface area (Å²) in [4.78, 5) is 7.58. The van der Waals surface area contributed by atoms with Crippen LogP contribution in [0.2, 0.25) is 0 Å². The minimum Gasteiger partial charge on any atom is -0.342 e. The molecule has 0 bridgehead atoms. The summed E-state index contributed by atoms with van der Waals surface area (Å²) in [5.41, 5.74) is 5.32. The Labute approximate surface area is 94.9 Å². The number of aromatic amines is 1. The summed E-state index contributed by atoms with van der Waals surface area (Å²) in [5, 5.41) is 3.40. The largest absolute Gasteiger partial charge is 0.342 e. The number of hydrogen-bond acceptors (Lipinski definition) is 2. The van der Waals surface area contributed by atoms with Crippen LogP contribution in [0.5, 0.6) is 0 Å². The zero-order valence-corrected chi connectivity index (χ0v) is 9.38. The second-order valence-corrected chi connectivity index (χ2v) is 4.25.